The summed E-state index contributed by atoms with van der Waals surface area (Å²) in [5.74, 6) is 1.32. The van der Waals surface area contributed by atoms with E-state index < -0.39 is 0 Å². The van der Waals surface area contributed by atoms with Crippen LogP contribution < -0.4 is 14.4 Å². The van der Waals surface area contributed by atoms with Crippen molar-refractivity contribution >= 4 is 17.7 Å². The molecule has 4 nitrogen and oxygen atoms in total. The first-order valence-electron chi connectivity index (χ1n) is 7.06. The first-order valence-corrected chi connectivity index (χ1v) is 7.06. The Morgan fingerprint density at radius 2 is 2.00 bits per heavy atom. The molecule has 3 rings (SSSR count). The smallest absolute Gasteiger partial charge is 0.228 e. The van der Waals surface area contributed by atoms with Gasteiger partial charge in [0, 0.05) is 13.0 Å². The van der Waals surface area contributed by atoms with E-state index in [-0.39, 0.29) is 5.91 Å². The lowest BCUT2D eigenvalue weighted by Gasteiger charge is -2.31. The quantitative estimate of drug-likeness (QED) is 0.851. The van der Waals surface area contributed by atoms with Gasteiger partial charge in [-0.15, -0.1) is 0 Å². The summed E-state index contributed by atoms with van der Waals surface area (Å²) in [6, 6.07) is 15.3. The van der Waals surface area contributed by atoms with Gasteiger partial charge in [0.05, 0.1) is 18.5 Å². The highest BCUT2D eigenvalue weighted by Gasteiger charge is 2.26. The predicted octanol–water partition coefficient (Wildman–Crippen LogP) is 3.48. The van der Waals surface area contributed by atoms with Crippen LogP contribution in [0, 0.1) is 0 Å². The molecule has 0 saturated heterocycles. The molecule has 4 heteroatoms. The third-order valence-corrected chi connectivity index (χ3v) is 3.52. The van der Waals surface area contributed by atoms with Crippen LogP contribution in [0.4, 0.5) is 5.69 Å². The summed E-state index contributed by atoms with van der Waals surface area (Å²) in [6.07, 6.45) is 1.96. The van der Waals surface area contributed by atoms with Gasteiger partial charge >= 0.3 is 0 Å². The minimum Gasteiger partial charge on any atom is -0.497 e. The molecule has 2 aromatic rings. The van der Waals surface area contributed by atoms with Crippen molar-refractivity contribution in [3.8, 4) is 11.5 Å². The van der Waals surface area contributed by atoms with Gasteiger partial charge in [0.2, 0.25) is 5.91 Å². The van der Waals surface area contributed by atoms with Gasteiger partial charge in [0.15, 0.2) is 0 Å². The first-order chi connectivity index (χ1) is 10.7. The number of ether oxygens (including phenoxy) is 2. The summed E-state index contributed by atoms with van der Waals surface area (Å²) in [7, 11) is 1.60. The SMILES string of the molecule is COc1ccc2c(c1)N(C(C)=O)/C(=C\c1ccccc1)CO2. The van der Waals surface area contributed by atoms with Gasteiger partial charge < -0.3 is 9.47 Å². The first kappa shape index (κ1) is 14.2. The second kappa shape index (κ2) is 5.93. The summed E-state index contributed by atoms with van der Waals surface area (Å²) in [5, 5.41) is 0. The van der Waals surface area contributed by atoms with Crippen LogP contribution in [0.2, 0.25) is 0 Å². The van der Waals surface area contributed by atoms with Crippen LogP contribution in [0.1, 0.15) is 12.5 Å². The van der Waals surface area contributed by atoms with E-state index in [1.54, 1.807) is 18.9 Å². The number of methoxy groups -OCH3 is 1. The summed E-state index contributed by atoms with van der Waals surface area (Å²) >= 11 is 0. The van der Waals surface area contributed by atoms with E-state index in [1.165, 1.54) is 0 Å². The van der Waals surface area contributed by atoms with Crippen molar-refractivity contribution < 1.29 is 14.3 Å². The Labute approximate surface area is 129 Å². The Balaban J connectivity index is 2.06. The van der Waals surface area contributed by atoms with E-state index in [2.05, 4.69) is 0 Å². The highest BCUT2D eigenvalue weighted by molar-refractivity contribution is 5.98. The normalized spacial score (nSPS) is 15.2. The Morgan fingerprint density at radius 3 is 2.68 bits per heavy atom. The number of amides is 1. The fourth-order valence-corrected chi connectivity index (χ4v) is 2.51. The van der Waals surface area contributed by atoms with Crippen molar-refractivity contribution in [1.29, 1.82) is 0 Å². The number of rotatable bonds is 2. The molecule has 0 N–H and O–H groups in total. The van der Waals surface area contributed by atoms with Gasteiger partial charge in [-0.25, -0.2) is 0 Å². The molecule has 0 aliphatic carbocycles. The number of fused-ring (bicyclic) bond motifs is 1. The fraction of sp³-hybridized carbons (Fsp3) is 0.167. The van der Waals surface area contributed by atoms with E-state index >= 15 is 0 Å². The molecule has 0 atom stereocenters. The highest BCUT2D eigenvalue weighted by atomic mass is 16.5. The Bertz CT molecular complexity index is 722. The van der Waals surface area contributed by atoms with E-state index in [0.29, 0.717) is 23.8 Å². The van der Waals surface area contributed by atoms with E-state index in [4.69, 9.17) is 9.47 Å². The number of hydrogen-bond donors (Lipinski definition) is 0. The Hall–Kier alpha value is -2.75. The van der Waals surface area contributed by atoms with Crippen LogP contribution in [0.3, 0.4) is 0 Å². The lowest BCUT2D eigenvalue weighted by atomic mass is 10.1. The van der Waals surface area contributed by atoms with Crippen LogP contribution >= 0.6 is 0 Å². The van der Waals surface area contributed by atoms with Crippen molar-refractivity contribution in [1.82, 2.24) is 0 Å². The highest BCUT2D eigenvalue weighted by Crippen LogP contribution is 2.38. The van der Waals surface area contributed by atoms with Gasteiger partial charge in [-0.2, -0.15) is 0 Å². The minimum atomic E-state index is -0.0556. The zero-order chi connectivity index (χ0) is 15.5. The van der Waals surface area contributed by atoms with Gasteiger partial charge in [-0.1, -0.05) is 30.3 Å². The second-order valence-electron chi connectivity index (χ2n) is 5.02. The lowest BCUT2D eigenvalue weighted by molar-refractivity contribution is -0.116. The van der Waals surface area contributed by atoms with Crippen molar-refractivity contribution in [2.24, 2.45) is 0 Å². The topological polar surface area (TPSA) is 38.8 Å². The Kier molecular flexibility index (Phi) is 3.83. The summed E-state index contributed by atoms with van der Waals surface area (Å²) < 4.78 is 11.0. The molecular weight excluding hydrogens is 278 g/mol. The third kappa shape index (κ3) is 2.68. The molecule has 0 radical (unpaired) electrons. The van der Waals surface area contributed by atoms with Crippen molar-refractivity contribution in [2.45, 2.75) is 6.92 Å². The number of anilines is 1. The zero-order valence-electron chi connectivity index (χ0n) is 12.6. The van der Waals surface area contributed by atoms with Crippen molar-refractivity contribution in [3.63, 3.8) is 0 Å². The molecule has 1 aliphatic rings. The maximum absolute atomic E-state index is 12.2. The predicted molar refractivity (Wildman–Crippen MR) is 86.1 cm³/mol. The molecule has 1 amide bonds. The maximum atomic E-state index is 12.2. The standard InChI is InChI=1S/C18H17NO3/c1-13(20)19-15(10-14-6-4-3-5-7-14)12-22-18-9-8-16(21-2)11-17(18)19/h3-11H,12H2,1-2H3/b15-10-. The molecule has 112 valence electrons. The minimum absolute atomic E-state index is 0.0556. The van der Waals surface area contributed by atoms with E-state index in [1.807, 2.05) is 54.6 Å². The van der Waals surface area contributed by atoms with E-state index in [0.717, 1.165) is 11.3 Å². The third-order valence-electron chi connectivity index (χ3n) is 3.52. The van der Waals surface area contributed by atoms with Crippen LogP contribution in [0.15, 0.2) is 54.2 Å². The van der Waals surface area contributed by atoms with Crippen LogP contribution in [0.25, 0.3) is 6.08 Å². The van der Waals surface area contributed by atoms with E-state index in [9.17, 15) is 4.79 Å². The van der Waals surface area contributed by atoms with Crippen molar-refractivity contribution in [3.05, 3.63) is 59.8 Å². The molecule has 1 heterocycles. The van der Waals surface area contributed by atoms with Crippen molar-refractivity contribution in [2.75, 3.05) is 18.6 Å². The van der Waals surface area contributed by atoms with Gasteiger partial charge in [-0.3, -0.25) is 9.69 Å². The Morgan fingerprint density at radius 1 is 1.23 bits per heavy atom. The summed E-state index contributed by atoms with van der Waals surface area (Å²) in [5.41, 5.74) is 2.54. The summed E-state index contributed by atoms with van der Waals surface area (Å²) in [6.45, 7) is 1.90. The average molecular weight is 295 g/mol. The molecule has 0 saturated carbocycles. The lowest BCUT2D eigenvalue weighted by Crippen LogP contribution is -2.34. The summed E-state index contributed by atoms with van der Waals surface area (Å²) in [4.78, 5) is 13.8. The van der Waals surface area contributed by atoms with Gasteiger partial charge in [-0.05, 0) is 23.8 Å². The zero-order valence-corrected chi connectivity index (χ0v) is 12.6. The number of carbonyl (C=O) groups is 1. The average Bonchev–Trinajstić information content (AvgIpc) is 2.54. The van der Waals surface area contributed by atoms with Gasteiger partial charge in [0.25, 0.3) is 0 Å². The molecule has 0 fully saturated rings. The van der Waals surface area contributed by atoms with Gasteiger partial charge in [0.1, 0.15) is 18.1 Å². The van der Waals surface area contributed by atoms with Crippen LogP contribution in [-0.4, -0.2) is 19.6 Å². The monoisotopic (exact) mass is 295 g/mol. The number of hydrogen-bond acceptors (Lipinski definition) is 3. The largest absolute Gasteiger partial charge is 0.497 e. The molecule has 0 aromatic heterocycles. The number of nitrogens with zero attached hydrogens (tertiary/aromatic N) is 1. The number of benzene rings is 2. The molecular formula is C18H17NO3. The van der Waals surface area contributed by atoms with Crippen LogP contribution in [0.5, 0.6) is 11.5 Å². The second-order valence-corrected chi connectivity index (χ2v) is 5.02. The fourth-order valence-electron chi connectivity index (χ4n) is 2.51. The molecule has 2 aromatic carbocycles. The molecule has 0 unspecified atom stereocenters. The number of carbonyl (C=O) groups excluding carboxylic acids is 1. The molecule has 0 bridgehead atoms. The molecule has 22 heavy (non-hydrogen) atoms. The van der Waals surface area contributed by atoms with Crippen LogP contribution in [-0.2, 0) is 4.79 Å². The molecule has 1 aliphatic heterocycles. The maximum Gasteiger partial charge on any atom is 0.228 e. The molecule has 0 spiro atoms.